The maximum atomic E-state index is 12.6. The predicted molar refractivity (Wildman–Crippen MR) is 74.5 cm³/mol. The first-order valence-electron chi connectivity index (χ1n) is 6.18. The van der Waals surface area contributed by atoms with Crippen molar-refractivity contribution in [3.05, 3.63) is 28.5 Å². The summed E-state index contributed by atoms with van der Waals surface area (Å²) in [6.45, 7) is 0.357. The molecule has 7 heteroatoms. The van der Waals surface area contributed by atoms with Crippen LogP contribution in [0.4, 0.5) is 0 Å². The largest absolute Gasteiger partial charge is 0.479 e. The summed E-state index contributed by atoms with van der Waals surface area (Å²) >= 11 is 3.27. The Bertz CT molecular complexity index is 537. The number of carbonyl (C=O) groups excluding carboxylic acids is 1. The Morgan fingerprint density at radius 2 is 2.35 bits per heavy atom. The van der Waals surface area contributed by atoms with E-state index < -0.39 is 17.4 Å². The van der Waals surface area contributed by atoms with E-state index in [9.17, 15) is 14.7 Å². The lowest BCUT2D eigenvalue weighted by Crippen LogP contribution is -2.56. The Labute approximate surface area is 124 Å². The number of carboxylic acid groups (broad SMARTS) is 1. The van der Waals surface area contributed by atoms with Gasteiger partial charge < -0.3 is 14.7 Å². The van der Waals surface area contributed by atoms with Gasteiger partial charge in [0, 0.05) is 24.3 Å². The fourth-order valence-electron chi connectivity index (χ4n) is 2.52. The Morgan fingerprint density at radius 1 is 1.60 bits per heavy atom. The molecule has 1 aromatic rings. The molecule has 0 bridgehead atoms. The van der Waals surface area contributed by atoms with Crippen molar-refractivity contribution in [3.63, 3.8) is 0 Å². The van der Waals surface area contributed by atoms with Crippen LogP contribution in [0, 0.1) is 0 Å². The van der Waals surface area contributed by atoms with Crippen LogP contribution in [0.5, 0.6) is 0 Å². The number of nitrogens with zero attached hydrogens (tertiary/aromatic N) is 2. The lowest BCUT2D eigenvalue weighted by Gasteiger charge is -2.33. The number of pyridine rings is 1. The standard InChI is InChI=1S/C13H15BrN2O4/c1-20-8-13(12(18)19)5-3-7-16(13)11(17)10-9(14)4-2-6-15-10/h2,4,6H,3,5,7-8H2,1H3,(H,18,19). The summed E-state index contributed by atoms with van der Waals surface area (Å²) in [4.78, 5) is 29.6. The van der Waals surface area contributed by atoms with Crippen LogP contribution < -0.4 is 0 Å². The van der Waals surface area contributed by atoms with Crippen molar-refractivity contribution in [1.82, 2.24) is 9.88 Å². The van der Waals surface area contributed by atoms with Crippen LogP contribution in [0.25, 0.3) is 0 Å². The number of hydrogen-bond donors (Lipinski definition) is 1. The van der Waals surface area contributed by atoms with Crippen LogP contribution in [0.1, 0.15) is 23.3 Å². The normalized spacial score (nSPS) is 22.0. The number of hydrogen-bond acceptors (Lipinski definition) is 4. The fraction of sp³-hybridized carbons (Fsp3) is 0.462. The molecule has 1 fully saturated rings. The molecule has 108 valence electrons. The van der Waals surface area contributed by atoms with Crippen LogP contribution in [0.15, 0.2) is 22.8 Å². The molecule has 0 spiro atoms. The Kier molecular flexibility index (Phi) is 4.39. The highest BCUT2D eigenvalue weighted by Gasteiger charge is 2.50. The van der Waals surface area contributed by atoms with Gasteiger partial charge in [-0.25, -0.2) is 9.78 Å². The SMILES string of the molecule is COCC1(C(=O)O)CCCN1C(=O)c1ncccc1Br. The Morgan fingerprint density at radius 3 is 2.95 bits per heavy atom. The van der Waals surface area contributed by atoms with E-state index in [1.165, 1.54) is 18.2 Å². The summed E-state index contributed by atoms with van der Waals surface area (Å²) in [6, 6.07) is 3.40. The Hall–Kier alpha value is -1.47. The van der Waals surface area contributed by atoms with Gasteiger partial charge in [0.2, 0.25) is 0 Å². The minimum Gasteiger partial charge on any atom is -0.479 e. The molecule has 6 nitrogen and oxygen atoms in total. The maximum absolute atomic E-state index is 12.6. The molecule has 0 aromatic carbocycles. The first-order chi connectivity index (χ1) is 9.53. The highest BCUT2D eigenvalue weighted by atomic mass is 79.9. The van der Waals surface area contributed by atoms with Crippen molar-refractivity contribution in [3.8, 4) is 0 Å². The van der Waals surface area contributed by atoms with E-state index >= 15 is 0 Å². The number of rotatable bonds is 4. The highest BCUT2D eigenvalue weighted by molar-refractivity contribution is 9.10. The molecule has 0 radical (unpaired) electrons. The lowest BCUT2D eigenvalue weighted by atomic mass is 9.97. The number of likely N-dealkylation sites (tertiary alicyclic amines) is 1. The summed E-state index contributed by atoms with van der Waals surface area (Å²) in [7, 11) is 1.43. The number of carbonyl (C=O) groups is 2. The van der Waals surface area contributed by atoms with Gasteiger partial charge in [-0.1, -0.05) is 0 Å². The summed E-state index contributed by atoms with van der Waals surface area (Å²) in [5, 5.41) is 9.52. The van der Waals surface area contributed by atoms with Crippen LogP contribution in [0.2, 0.25) is 0 Å². The average Bonchev–Trinajstić information content (AvgIpc) is 2.84. The average molecular weight is 343 g/mol. The van der Waals surface area contributed by atoms with Crippen molar-refractivity contribution in [2.75, 3.05) is 20.3 Å². The van der Waals surface area contributed by atoms with E-state index in [0.29, 0.717) is 23.9 Å². The van der Waals surface area contributed by atoms with Gasteiger partial charge in [0.15, 0.2) is 5.54 Å². The van der Waals surface area contributed by atoms with Crippen molar-refractivity contribution >= 4 is 27.8 Å². The van der Waals surface area contributed by atoms with Crippen LogP contribution >= 0.6 is 15.9 Å². The van der Waals surface area contributed by atoms with Gasteiger partial charge in [0.1, 0.15) is 5.69 Å². The molecular weight excluding hydrogens is 328 g/mol. The van der Waals surface area contributed by atoms with Gasteiger partial charge in [-0.3, -0.25) is 4.79 Å². The topological polar surface area (TPSA) is 79.7 Å². The third-order valence-electron chi connectivity index (χ3n) is 3.48. The van der Waals surface area contributed by atoms with Gasteiger partial charge in [0.25, 0.3) is 5.91 Å². The van der Waals surface area contributed by atoms with E-state index in [-0.39, 0.29) is 12.3 Å². The van der Waals surface area contributed by atoms with Gasteiger partial charge in [0.05, 0.1) is 6.61 Å². The number of aromatic nitrogens is 1. The van der Waals surface area contributed by atoms with Gasteiger partial charge in [-0.15, -0.1) is 0 Å². The third kappa shape index (κ3) is 2.43. The second kappa shape index (κ2) is 5.88. The molecular formula is C13H15BrN2O4. The summed E-state index contributed by atoms with van der Waals surface area (Å²) in [5.41, 5.74) is -1.08. The molecule has 1 unspecified atom stereocenters. The molecule has 1 aliphatic rings. The van der Waals surface area contributed by atoms with E-state index in [4.69, 9.17) is 4.74 Å². The van der Waals surface area contributed by atoms with Crippen molar-refractivity contribution in [1.29, 1.82) is 0 Å². The van der Waals surface area contributed by atoms with E-state index in [1.54, 1.807) is 12.1 Å². The van der Waals surface area contributed by atoms with Crippen molar-refractivity contribution < 1.29 is 19.4 Å². The molecule has 20 heavy (non-hydrogen) atoms. The van der Waals surface area contributed by atoms with Crippen LogP contribution in [-0.4, -0.2) is 52.7 Å². The van der Waals surface area contributed by atoms with E-state index in [0.717, 1.165) is 0 Å². The molecule has 1 atom stereocenters. The number of amides is 1. The zero-order chi connectivity index (χ0) is 14.8. The zero-order valence-electron chi connectivity index (χ0n) is 11.0. The van der Waals surface area contributed by atoms with Gasteiger partial charge >= 0.3 is 5.97 Å². The first kappa shape index (κ1) is 14.9. The molecule has 2 heterocycles. The summed E-state index contributed by atoms with van der Waals surface area (Å²) < 4.78 is 5.58. The number of ether oxygens (including phenoxy) is 1. The van der Waals surface area contributed by atoms with Crippen LogP contribution in [-0.2, 0) is 9.53 Å². The lowest BCUT2D eigenvalue weighted by molar-refractivity contribution is -0.151. The molecule has 0 saturated carbocycles. The molecule has 1 saturated heterocycles. The number of methoxy groups -OCH3 is 1. The molecule has 2 rings (SSSR count). The summed E-state index contributed by atoms with van der Waals surface area (Å²) in [5.74, 6) is -1.44. The maximum Gasteiger partial charge on any atom is 0.332 e. The minimum atomic E-state index is -1.30. The van der Waals surface area contributed by atoms with Crippen LogP contribution in [0.3, 0.4) is 0 Å². The quantitative estimate of drug-likeness (QED) is 0.897. The highest BCUT2D eigenvalue weighted by Crippen LogP contribution is 2.32. The fourth-order valence-corrected chi connectivity index (χ4v) is 2.94. The van der Waals surface area contributed by atoms with Gasteiger partial charge in [-0.2, -0.15) is 0 Å². The second-order valence-corrected chi connectivity index (χ2v) is 5.52. The zero-order valence-corrected chi connectivity index (χ0v) is 12.6. The van der Waals surface area contributed by atoms with Crippen molar-refractivity contribution in [2.24, 2.45) is 0 Å². The smallest absolute Gasteiger partial charge is 0.332 e. The third-order valence-corrected chi connectivity index (χ3v) is 4.12. The monoisotopic (exact) mass is 342 g/mol. The number of halogens is 1. The van der Waals surface area contributed by atoms with E-state index in [2.05, 4.69) is 20.9 Å². The second-order valence-electron chi connectivity index (χ2n) is 4.66. The molecule has 1 N–H and O–H groups in total. The molecule has 0 aliphatic carbocycles. The predicted octanol–water partition coefficient (Wildman–Crippen LogP) is 1.55. The molecule has 1 amide bonds. The molecule has 1 aliphatic heterocycles. The van der Waals surface area contributed by atoms with Gasteiger partial charge in [-0.05, 0) is 40.9 Å². The first-order valence-corrected chi connectivity index (χ1v) is 6.97. The van der Waals surface area contributed by atoms with Crippen molar-refractivity contribution in [2.45, 2.75) is 18.4 Å². The van der Waals surface area contributed by atoms with E-state index in [1.807, 2.05) is 0 Å². The number of aliphatic carboxylic acids is 1. The molecule has 1 aromatic heterocycles. The minimum absolute atomic E-state index is 0.0292. The Balaban J connectivity index is 2.38. The number of carboxylic acids is 1. The summed E-state index contributed by atoms with van der Waals surface area (Å²) in [6.07, 6.45) is 2.52.